The van der Waals surface area contributed by atoms with Crippen LogP contribution in [0.5, 0.6) is 0 Å². The van der Waals surface area contributed by atoms with E-state index in [-0.39, 0.29) is 0 Å². The quantitative estimate of drug-likeness (QED) is 0.108. The fourth-order valence-electron chi connectivity index (χ4n) is 7.84. The van der Waals surface area contributed by atoms with E-state index < -0.39 is 0 Å². The van der Waals surface area contributed by atoms with Gasteiger partial charge in [-0.25, -0.2) is 0 Å². The minimum absolute atomic E-state index is 0.706. The summed E-state index contributed by atoms with van der Waals surface area (Å²) >= 11 is 7.14. The van der Waals surface area contributed by atoms with Crippen molar-refractivity contribution in [3.63, 3.8) is 0 Å². The topological polar surface area (TPSA) is 0 Å². The van der Waals surface area contributed by atoms with Crippen molar-refractivity contribution in [3.8, 4) is 22.3 Å². The Morgan fingerprint density at radius 1 is 0.286 bits per heavy atom. The summed E-state index contributed by atoms with van der Waals surface area (Å²) in [5.41, 5.74) is 18.2. The Hall–Kier alpha value is -7.77. The second kappa shape index (κ2) is 19.7. The maximum absolute atomic E-state index is 7.14. The molecule has 9 aromatic rings. The lowest BCUT2D eigenvalue weighted by atomic mass is 9.95. The molecule has 0 nitrogen and oxygen atoms in total. The molecule has 0 saturated carbocycles. The number of rotatable bonds is 12. The minimum atomic E-state index is 0.706. The van der Waals surface area contributed by atoms with Crippen LogP contribution >= 0.6 is 11.6 Å². The highest BCUT2D eigenvalue weighted by Crippen LogP contribution is 2.35. The second-order valence-corrected chi connectivity index (χ2v) is 15.9. The lowest BCUT2D eigenvalue weighted by molar-refractivity contribution is 1.55. The molecule has 0 fully saturated rings. The number of hydrogen-bond acceptors (Lipinski definition) is 0. The van der Waals surface area contributed by atoms with Gasteiger partial charge < -0.3 is 0 Å². The van der Waals surface area contributed by atoms with Crippen LogP contribution in [0.4, 0.5) is 0 Å². The van der Waals surface area contributed by atoms with Crippen LogP contribution in [-0.4, -0.2) is 0 Å². The molecule has 0 saturated heterocycles. The molecule has 1 heteroatoms. The molecule has 0 atom stereocenters. The summed E-state index contributed by atoms with van der Waals surface area (Å²) in [4.78, 5) is 0. The predicted molar refractivity (Wildman–Crippen MR) is 273 cm³/mol. The van der Waals surface area contributed by atoms with Crippen LogP contribution < -0.4 is 0 Å². The maximum Gasteiger partial charge on any atom is 0.0490 e. The molecule has 300 valence electrons. The SMILES string of the molecule is Clc1cc(C=Cc2ccc(C=C(c3ccccc3)c3ccccc3)cc2)c(C=Cc2ccc(C=C(c3ccccc3)c3ccccc3)cc2)cc1-c1ccc(-c2ccccc2)cc1. The van der Waals surface area contributed by atoms with Gasteiger partial charge in [-0.3, -0.25) is 0 Å². The molecule has 63 heavy (non-hydrogen) atoms. The van der Waals surface area contributed by atoms with Crippen molar-refractivity contribution in [1.29, 1.82) is 0 Å². The van der Waals surface area contributed by atoms with Crippen LogP contribution in [0.25, 0.3) is 69.9 Å². The smallest absolute Gasteiger partial charge is 0.0490 e. The normalized spacial score (nSPS) is 11.1. The van der Waals surface area contributed by atoms with Crippen LogP contribution in [0.3, 0.4) is 0 Å². The summed E-state index contributed by atoms with van der Waals surface area (Å²) in [5, 5.41) is 0.706. The van der Waals surface area contributed by atoms with Crippen molar-refractivity contribution in [2.24, 2.45) is 0 Å². The van der Waals surface area contributed by atoms with Gasteiger partial charge in [0.05, 0.1) is 0 Å². The highest BCUT2D eigenvalue weighted by Gasteiger charge is 2.11. The molecule has 0 aliphatic rings. The minimum Gasteiger partial charge on any atom is -0.0836 e. The average Bonchev–Trinajstić information content (AvgIpc) is 3.36. The Morgan fingerprint density at radius 2 is 0.603 bits per heavy atom. The van der Waals surface area contributed by atoms with Crippen LogP contribution in [-0.2, 0) is 0 Å². The zero-order valence-corrected chi connectivity index (χ0v) is 35.6. The van der Waals surface area contributed by atoms with Gasteiger partial charge >= 0.3 is 0 Å². The molecule has 9 aromatic carbocycles. The molecule has 0 aromatic heterocycles. The van der Waals surface area contributed by atoms with Crippen LogP contribution in [0.2, 0.25) is 5.02 Å². The molecular formula is C62H45Cl. The summed E-state index contributed by atoms with van der Waals surface area (Å²) in [7, 11) is 0. The fraction of sp³-hybridized carbons (Fsp3) is 0. The van der Waals surface area contributed by atoms with E-state index in [2.05, 4.69) is 267 Å². The molecule has 0 aliphatic carbocycles. The first-order valence-corrected chi connectivity index (χ1v) is 21.7. The van der Waals surface area contributed by atoms with Gasteiger partial charge in [-0.2, -0.15) is 0 Å². The molecule has 0 bridgehead atoms. The molecule has 0 aliphatic heterocycles. The number of benzene rings is 9. The molecule has 0 N–H and O–H groups in total. The first-order chi connectivity index (χ1) is 31.1. The Morgan fingerprint density at radius 3 is 1.00 bits per heavy atom. The van der Waals surface area contributed by atoms with Crippen molar-refractivity contribution in [1.82, 2.24) is 0 Å². The highest BCUT2D eigenvalue weighted by atomic mass is 35.5. The van der Waals surface area contributed by atoms with Gasteiger partial charge in [0.15, 0.2) is 0 Å². The molecule has 0 heterocycles. The Kier molecular flexibility index (Phi) is 12.7. The largest absolute Gasteiger partial charge is 0.0836 e. The van der Waals surface area contributed by atoms with Crippen molar-refractivity contribution >= 4 is 59.2 Å². The Labute approximate surface area is 376 Å². The molecule has 0 amide bonds. The fourth-order valence-corrected chi connectivity index (χ4v) is 8.12. The first kappa shape index (κ1) is 40.6. The van der Waals surface area contributed by atoms with Crippen molar-refractivity contribution in [2.75, 3.05) is 0 Å². The molecule has 9 rings (SSSR count). The highest BCUT2D eigenvalue weighted by molar-refractivity contribution is 6.33. The molecule has 0 unspecified atom stereocenters. The summed E-state index contributed by atoms with van der Waals surface area (Å²) < 4.78 is 0. The van der Waals surface area contributed by atoms with Gasteiger partial charge in [-0.15, -0.1) is 0 Å². The van der Waals surface area contributed by atoms with Crippen LogP contribution in [0.15, 0.2) is 237 Å². The summed E-state index contributed by atoms with van der Waals surface area (Å²) in [5.74, 6) is 0. The molecule has 0 spiro atoms. The third-order valence-electron chi connectivity index (χ3n) is 11.2. The summed E-state index contributed by atoms with van der Waals surface area (Å²) in [6.45, 7) is 0. The lowest BCUT2D eigenvalue weighted by Crippen LogP contribution is -1.89. The van der Waals surface area contributed by atoms with E-state index in [0.717, 1.165) is 44.5 Å². The van der Waals surface area contributed by atoms with Gasteiger partial charge in [0.1, 0.15) is 0 Å². The van der Waals surface area contributed by atoms with Crippen molar-refractivity contribution in [3.05, 3.63) is 297 Å². The first-order valence-electron chi connectivity index (χ1n) is 21.3. The molecular weight excluding hydrogens is 780 g/mol. The van der Waals surface area contributed by atoms with Gasteiger partial charge in [0, 0.05) is 10.6 Å². The number of hydrogen-bond donors (Lipinski definition) is 0. The van der Waals surface area contributed by atoms with Gasteiger partial charge in [0.2, 0.25) is 0 Å². The molecule has 0 radical (unpaired) electrons. The zero-order valence-electron chi connectivity index (χ0n) is 34.9. The number of halogens is 1. The van der Waals surface area contributed by atoms with E-state index in [9.17, 15) is 0 Å². The monoisotopic (exact) mass is 824 g/mol. The average molecular weight is 825 g/mol. The van der Waals surface area contributed by atoms with Crippen LogP contribution in [0.1, 0.15) is 55.6 Å². The Balaban J connectivity index is 1.02. The standard InChI is InChI=1S/C62H45Cl/c63-62-45-58(37-35-47-28-32-49(33-29-47)43-60(54-22-12-4-13-23-54)55-24-14-5-15-25-55)57(44-61(62)56-40-38-51(39-41-56)50-16-6-1-7-17-50)36-34-46-26-30-48(31-27-46)42-59(52-18-8-2-9-19-52)53-20-10-3-11-21-53/h1-45H. The van der Waals surface area contributed by atoms with Crippen LogP contribution in [0, 0.1) is 0 Å². The third-order valence-corrected chi connectivity index (χ3v) is 11.5. The van der Waals surface area contributed by atoms with Gasteiger partial charge in [0.25, 0.3) is 0 Å². The van der Waals surface area contributed by atoms with E-state index in [4.69, 9.17) is 11.6 Å². The van der Waals surface area contributed by atoms with Crippen molar-refractivity contribution < 1.29 is 0 Å². The maximum atomic E-state index is 7.14. The second-order valence-electron chi connectivity index (χ2n) is 15.5. The van der Waals surface area contributed by atoms with E-state index in [1.807, 2.05) is 6.07 Å². The summed E-state index contributed by atoms with van der Waals surface area (Å²) in [6.07, 6.45) is 13.2. The lowest BCUT2D eigenvalue weighted by Gasteiger charge is -2.11. The third kappa shape index (κ3) is 10.2. The zero-order chi connectivity index (χ0) is 42.6. The van der Waals surface area contributed by atoms with E-state index in [1.54, 1.807) is 0 Å². The van der Waals surface area contributed by atoms with E-state index in [0.29, 0.717) is 5.02 Å². The van der Waals surface area contributed by atoms with E-state index in [1.165, 1.54) is 44.5 Å². The Bertz CT molecular complexity index is 2930. The predicted octanol–water partition coefficient (Wildman–Crippen LogP) is 17.2. The van der Waals surface area contributed by atoms with Gasteiger partial charge in [-0.05, 0) is 108 Å². The van der Waals surface area contributed by atoms with Gasteiger partial charge in [-0.1, -0.05) is 260 Å². The van der Waals surface area contributed by atoms with E-state index >= 15 is 0 Å². The van der Waals surface area contributed by atoms with Crippen molar-refractivity contribution in [2.45, 2.75) is 0 Å². The summed E-state index contributed by atoms with van der Waals surface area (Å²) in [6, 6.07) is 83.2.